The Kier molecular flexibility index (Phi) is 4.64. The van der Waals surface area contributed by atoms with Crippen LogP contribution in [0.2, 0.25) is 0 Å². The number of carbonyl (C=O) groups is 1. The lowest BCUT2D eigenvalue weighted by atomic mass is 9.64. The molecule has 1 saturated carbocycles. The molecular formula is C18H23N5O. The van der Waals surface area contributed by atoms with Gasteiger partial charge in [0.05, 0.1) is 0 Å². The number of anilines is 2. The lowest BCUT2D eigenvalue weighted by Gasteiger charge is -2.43. The molecule has 24 heavy (non-hydrogen) atoms. The number of amides is 1. The quantitative estimate of drug-likeness (QED) is 0.760. The van der Waals surface area contributed by atoms with Gasteiger partial charge in [-0.3, -0.25) is 4.79 Å². The Morgan fingerprint density at radius 1 is 1.17 bits per heavy atom. The molecule has 3 rings (SSSR count). The highest BCUT2D eigenvalue weighted by Crippen LogP contribution is 2.44. The summed E-state index contributed by atoms with van der Waals surface area (Å²) in [6.07, 6.45) is 3.57. The number of carbonyl (C=O) groups excluding carboxylic acids is 1. The molecule has 0 unspecified atom stereocenters. The first-order chi connectivity index (χ1) is 11.7. The van der Waals surface area contributed by atoms with Gasteiger partial charge in [-0.05, 0) is 42.7 Å². The fourth-order valence-corrected chi connectivity index (χ4v) is 3.11. The standard InChI is InChI=1S/C18H23N5O/c1-19-14-6-3-5-13(11-14)18(9-4-10-18)12-21-16-8-7-15(22-23-16)17(24)20-2/h3,5-8,11,19H,4,9-10,12H2,1-2H3,(H,20,24)(H,21,23). The molecule has 0 radical (unpaired) electrons. The van der Waals surface area contributed by atoms with Gasteiger partial charge < -0.3 is 16.0 Å². The Morgan fingerprint density at radius 3 is 2.58 bits per heavy atom. The summed E-state index contributed by atoms with van der Waals surface area (Å²) in [7, 11) is 3.52. The molecule has 126 valence electrons. The zero-order valence-corrected chi connectivity index (χ0v) is 14.1. The van der Waals surface area contributed by atoms with Crippen LogP contribution in [0.1, 0.15) is 35.3 Å². The van der Waals surface area contributed by atoms with Crippen molar-refractivity contribution in [3.8, 4) is 0 Å². The number of nitrogens with one attached hydrogen (secondary N) is 3. The Morgan fingerprint density at radius 2 is 2.00 bits per heavy atom. The van der Waals surface area contributed by atoms with E-state index in [0.29, 0.717) is 11.5 Å². The molecule has 1 heterocycles. The van der Waals surface area contributed by atoms with E-state index in [4.69, 9.17) is 0 Å². The van der Waals surface area contributed by atoms with Gasteiger partial charge in [0, 0.05) is 31.7 Å². The van der Waals surface area contributed by atoms with E-state index in [1.165, 1.54) is 12.0 Å². The molecule has 0 aliphatic heterocycles. The molecule has 1 aromatic heterocycles. The summed E-state index contributed by atoms with van der Waals surface area (Å²) < 4.78 is 0. The van der Waals surface area contributed by atoms with Crippen molar-refractivity contribution in [2.45, 2.75) is 24.7 Å². The first kappa shape index (κ1) is 16.2. The van der Waals surface area contributed by atoms with Gasteiger partial charge in [0.25, 0.3) is 5.91 Å². The summed E-state index contributed by atoms with van der Waals surface area (Å²) >= 11 is 0. The van der Waals surface area contributed by atoms with Crippen molar-refractivity contribution in [3.05, 3.63) is 47.7 Å². The molecular weight excluding hydrogens is 302 g/mol. The first-order valence-electron chi connectivity index (χ1n) is 8.25. The second-order valence-corrected chi connectivity index (χ2v) is 6.20. The van der Waals surface area contributed by atoms with Crippen LogP contribution in [-0.2, 0) is 5.41 Å². The topological polar surface area (TPSA) is 78.9 Å². The van der Waals surface area contributed by atoms with E-state index in [1.54, 1.807) is 19.2 Å². The summed E-state index contributed by atoms with van der Waals surface area (Å²) in [5, 5.41) is 17.2. The lowest BCUT2D eigenvalue weighted by molar-refractivity contribution is 0.0957. The van der Waals surface area contributed by atoms with Crippen molar-refractivity contribution in [1.29, 1.82) is 0 Å². The second kappa shape index (κ2) is 6.86. The summed E-state index contributed by atoms with van der Waals surface area (Å²) in [6.45, 7) is 0.814. The molecule has 0 atom stereocenters. The van der Waals surface area contributed by atoms with E-state index in [-0.39, 0.29) is 11.3 Å². The Hall–Kier alpha value is -2.63. The van der Waals surface area contributed by atoms with Gasteiger partial charge in [0.15, 0.2) is 5.69 Å². The van der Waals surface area contributed by atoms with Crippen molar-refractivity contribution in [3.63, 3.8) is 0 Å². The van der Waals surface area contributed by atoms with E-state index in [9.17, 15) is 4.79 Å². The molecule has 6 nitrogen and oxygen atoms in total. The lowest BCUT2D eigenvalue weighted by Crippen LogP contribution is -2.41. The fourth-order valence-electron chi connectivity index (χ4n) is 3.11. The van der Waals surface area contributed by atoms with E-state index >= 15 is 0 Å². The third-order valence-electron chi connectivity index (χ3n) is 4.81. The fraction of sp³-hybridized carbons (Fsp3) is 0.389. The van der Waals surface area contributed by atoms with Crippen molar-refractivity contribution < 1.29 is 4.79 Å². The third-order valence-corrected chi connectivity index (χ3v) is 4.81. The van der Waals surface area contributed by atoms with Crippen molar-refractivity contribution in [1.82, 2.24) is 15.5 Å². The van der Waals surface area contributed by atoms with Crippen LogP contribution in [0.25, 0.3) is 0 Å². The van der Waals surface area contributed by atoms with Crippen LogP contribution in [0.15, 0.2) is 36.4 Å². The van der Waals surface area contributed by atoms with Gasteiger partial charge in [-0.1, -0.05) is 18.6 Å². The van der Waals surface area contributed by atoms with Crippen molar-refractivity contribution in [2.24, 2.45) is 0 Å². The predicted octanol–water partition coefficient (Wildman–Crippen LogP) is 2.41. The highest BCUT2D eigenvalue weighted by Gasteiger charge is 2.38. The number of hydrogen-bond donors (Lipinski definition) is 3. The average Bonchev–Trinajstić information content (AvgIpc) is 2.61. The Balaban J connectivity index is 1.70. The van der Waals surface area contributed by atoms with Gasteiger partial charge in [-0.25, -0.2) is 0 Å². The van der Waals surface area contributed by atoms with Crippen LogP contribution in [0.5, 0.6) is 0 Å². The molecule has 0 bridgehead atoms. The molecule has 1 fully saturated rings. The highest BCUT2D eigenvalue weighted by molar-refractivity contribution is 5.91. The maximum absolute atomic E-state index is 11.5. The first-order valence-corrected chi connectivity index (χ1v) is 8.25. The summed E-state index contributed by atoms with van der Waals surface area (Å²) in [5.74, 6) is 0.465. The van der Waals surface area contributed by atoms with Crippen LogP contribution in [0.3, 0.4) is 0 Å². The number of rotatable bonds is 6. The molecule has 1 aromatic carbocycles. The van der Waals surface area contributed by atoms with E-state index < -0.39 is 0 Å². The minimum absolute atomic E-state index is 0.147. The molecule has 2 aromatic rings. The maximum atomic E-state index is 11.5. The van der Waals surface area contributed by atoms with Crippen LogP contribution >= 0.6 is 0 Å². The summed E-state index contributed by atoms with van der Waals surface area (Å²) in [6, 6.07) is 12.1. The summed E-state index contributed by atoms with van der Waals surface area (Å²) in [5.41, 5.74) is 2.95. The molecule has 1 aliphatic carbocycles. The zero-order chi connectivity index (χ0) is 17.0. The predicted molar refractivity (Wildman–Crippen MR) is 95.4 cm³/mol. The van der Waals surface area contributed by atoms with Gasteiger partial charge in [0.2, 0.25) is 0 Å². The minimum atomic E-state index is -0.228. The van der Waals surface area contributed by atoms with E-state index in [1.807, 2.05) is 7.05 Å². The number of nitrogens with zero attached hydrogens (tertiary/aromatic N) is 2. The van der Waals surface area contributed by atoms with Crippen molar-refractivity contribution in [2.75, 3.05) is 31.3 Å². The molecule has 6 heteroatoms. The number of hydrogen-bond acceptors (Lipinski definition) is 5. The van der Waals surface area contributed by atoms with Crippen LogP contribution in [0.4, 0.5) is 11.5 Å². The number of aromatic nitrogens is 2. The van der Waals surface area contributed by atoms with Gasteiger partial charge in [0.1, 0.15) is 5.82 Å². The van der Waals surface area contributed by atoms with Crippen LogP contribution in [0, 0.1) is 0 Å². The van der Waals surface area contributed by atoms with Gasteiger partial charge >= 0.3 is 0 Å². The SMILES string of the molecule is CNC(=O)c1ccc(NCC2(c3cccc(NC)c3)CCC2)nn1. The molecule has 1 amide bonds. The van der Waals surface area contributed by atoms with E-state index in [2.05, 4.69) is 50.4 Å². The largest absolute Gasteiger partial charge is 0.388 e. The monoisotopic (exact) mass is 325 g/mol. The summed E-state index contributed by atoms with van der Waals surface area (Å²) in [4.78, 5) is 11.5. The molecule has 1 aliphatic rings. The highest BCUT2D eigenvalue weighted by atomic mass is 16.1. The van der Waals surface area contributed by atoms with Crippen LogP contribution in [-0.4, -0.2) is 36.7 Å². The van der Waals surface area contributed by atoms with E-state index in [0.717, 1.165) is 25.1 Å². The second-order valence-electron chi connectivity index (χ2n) is 6.20. The number of benzene rings is 1. The Labute approximate surface area is 142 Å². The normalized spacial score (nSPS) is 15.2. The maximum Gasteiger partial charge on any atom is 0.271 e. The third kappa shape index (κ3) is 3.18. The molecule has 0 saturated heterocycles. The van der Waals surface area contributed by atoms with Crippen molar-refractivity contribution >= 4 is 17.4 Å². The van der Waals surface area contributed by atoms with Gasteiger partial charge in [-0.2, -0.15) is 0 Å². The van der Waals surface area contributed by atoms with Crippen LogP contribution < -0.4 is 16.0 Å². The average molecular weight is 325 g/mol. The minimum Gasteiger partial charge on any atom is -0.388 e. The molecule has 0 spiro atoms. The van der Waals surface area contributed by atoms with Gasteiger partial charge in [-0.15, -0.1) is 10.2 Å². The Bertz CT molecular complexity index is 710. The zero-order valence-electron chi connectivity index (χ0n) is 14.1. The smallest absolute Gasteiger partial charge is 0.271 e. The molecule has 3 N–H and O–H groups in total.